The second-order valence-corrected chi connectivity index (χ2v) is 28.7. The summed E-state index contributed by atoms with van der Waals surface area (Å²) < 4.78 is 23.0. The molecule has 502 valence electrons. The molecule has 0 atom stereocenters. The molecule has 6 aromatic heterocycles. The maximum absolute atomic E-state index is 6.91. The lowest BCUT2D eigenvalue weighted by molar-refractivity contribution is 0.668. The fraction of sp³-hybridized carbons (Fsp3) is 0. The fourth-order valence-corrected chi connectivity index (χ4v) is 17.7. The normalized spacial score (nSPS) is 12.1. The molecule has 0 aliphatic rings. The van der Waals surface area contributed by atoms with Gasteiger partial charge in [0, 0.05) is 93.5 Å². The van der Waals surface area contributed by atoms with Crippen molar-refractivity contribution in [2.24, 2.45) is 0 Å². The zero-order valence-electron chi connectivity index (χ0n) is 58.4. The third-order valence-electron chi connectivity index (χ3n) is 22.7. The molecule has 23 aromatic rings. The van der Waals surface area contributed by atoms with Crippen molar-refractivity contribution in [3.8, 4) is 89.5 Å². The molecule has 0 aliphatic heterocycles. The van der Waals surface area contributed by atoms with E-state index < -0.39 is 0 Å². The van der Waals surface area contributed by atoms with Crippen LogP contribution in [-0.2, 0) is 0 Å². The quantitative estimate of drug-likeness (QED) is 0.137. The Hall–Kier alpha value is -14.5. The second-order valence-electron chi connectivity index (χ2n) is 28.7. The van der Waals surface area contributed by atoms with E-state index in [1.54, 1.807) is 0 Å². The van der Waals surface area contributed by atoms with Gasteiger partial charge in [0.15, 0.2) is 0 Å². The minimum absolute atomic E-state index is 0.850. The molecule has 0 fully saturated rings. The molecule has 0 saturated heterocycles. The van der Waals surface area contributed by atoms with Gasteiger partial charge in [0.1, 0.15) is 22.3 Å². The Labute approximate surface area is 619 Å². The molecule has 23 rings (SSSR count). The van der Waals surface area contributed by atoms with Crippen molar-refractivity contribution in [3.63, 3.8) is 0 Å². The van der Waals surface area contributed by atoms with Crippen LogP contribution >= 0.6 is 0 Å². The smallest absolute Gasteiger partial charge is 0.137 e. The van der Waals surface area contributed by atoms with Crippen LogP contribution in [0.5, 0.6) is 0 Å². The van der Waals surface area contributed by atoms with E-state index >= 15 is 0 Å². The summed E-state index contributed by atoms with van der Waals surface area (Å²) in [6.07, 6.45) is 0. The highest BCUT2D eigenvalue weighted by Crippen LogP contribution is 2.45. The van der Waals surface area contributed by atoms with Crippen LogP contribution < -0.4 is 0 Å². The van der Waals surface area contributed by atoms with Gasteiger partial charge in [-0.25, -0.2) is 0 Å². The number of benzene rings is 17. The molecule has 0 radical (unpaired) electrons. The first-order valence-corrected chi connectivity index (χ1v) is 37.0. The summed E-state index contributed by atoms with van der Waals surface area (Å²) in [4.78, 5) is 0. The minimum atomic E-state index is 0.850. The van der Waals surface area contributed by atoms with E-state index in [2.05, 4.69) is 394 Å². The second kappa shape index (κ2) is 23.5. The van der Waals surface area contributed by atoms with Crippen LogP contribution in [0.2, 0.25) is 0 Å². The predicted octanol–water partition coefficient (Wildman–Crippen LogP) is 27.9. The number of furan rings is 2. The molecule has 0 aliphatic carbocycles. The standard InChI is InChI=1S/C102H62N4O2/c1-3-18-63(19-4-1)67-24-16-26-75(53-67)103-91-32-11-7-28-79(91)85-55-71(37-46-95(85)103)73-40-49-98-88(58-73)82-31-10-14-35-94(82)106(98)78-42-45-84-83-44-36-74(60-101(83)108-102(84)62-78)66-23-15-22-65(52-66)68-25-17-27-76(54-68)104-92-33-12-8-29-80(92)86-56-70(38-47-96(86)104)72-39-48-97-87(57-72)81-30-9-13-34-93(81)105(97)77-43-51-100-90(61-77)89-59-69(41-50-99(89)107-100)64-20-5-2-6-21-64/h1-62H. The van der Waals surface area contributed by atoms with Gasteiger partial charge < -0.3 is 27.1 Å². The van der Waals surface area contributed by atoms with E-state index in [1.165, 1.54) is 98.6 Å². The maximum Gasteiger partial charge on any atom is 0.137 e. The number of fused-ring (bicyclic) bond motifs is 18. The molecule has 6 nitrogen and oxygen atoms in total. The van der Waals surface area contributed by atoms with Gasteiger partial charge in [0.25, 0.3) is 0 Å². The molecular formula is C102H62N4O2. The average molecular weight is 1380 g/mol. The molecule has 108 heavy (non-hydrogen) atoms. The third-order valence-corrected chi connectivity index (χ3v) is 22.7. The van der Waals surface area contributed by atoms with E-state index in [0.717, 1.165) is 122 Å². The summed E-state index contributed by atoms with van der Waals surface area (Å²) in [6.45, 7) is 0. The zero-order valence-corrected chi connectivity index (χ0v) is 58.4. The van der Waals surface area contributed by atoms with Gasteiger partial charge in [-0.15, -0.1) is 0 Å². The van der Waals surface area contributed by atoms with E-state index in [-0.39, 0.29) is 0 Å². The molecule has 6 heteroatoms. The maximum atomic E-state index is 6.91. The first kappa shape index (κ1) is 60.0. The topological polar surface area (TPSA) is 46.0 Å². The summed E-state index contributed by atoms with van der Waals surface area (Å²) in [7, 11) is 0. The van der Waals surface area contributed by atoms with Crippen molar-refractivity contribution in [2.45, 2.75) is 0 Å². The van der Waals surface area contributed by atoms with Crippen LogP contribution in [-0.4, -0.2) is 18.3 Å². The zero-order chi connectivity index (χ0) is 70.7. The summed E-state index contributed by atoms with van der Waals surface area (Å²) in [5.41, 5.74) is 31.1. The lowest BCUT2D eigenvalue weighted by Gasteiger charge is -2.12. The van der Waals surface area contributed by atoms with Gasteiger partial charge in [0.2, 0.25) is 0 Å². The number of hydrogen-bond donors (Lipinski definition) is 0. The number of rotatable bonds is 10. The largest absolute Gasteiger partial charge is 0.456 e. The summed E-state index contributed by atoms with van der Waals surface area (Å²) in [5, 5.41) is 14.1. The van der Waals surface area contributed by atoms with Gasteiger partial charge in [-0.05, 0) is 224 Å². The van der Waals surface area contributed by atoms with E-state index in [4.69, 9.17) is 8.83 Å². The van der Waals surface area contributed by atoms with E-state index in [1.807, 2.05) is 0 Å². The van der Waals surface area contributed by atoms with Crippen LogP contribution in [0.15, 0.2) is 385 Å². The summed E-state index contributed by atoms with van der Waals surface area (Å²) >= 11 is 0. The Kier molecular flexibility index (Phi) is 13.1. The Morgan fingerprint density at radius 1 is 0.130 bits per heavy atom. The molecule has 0 saturated carbocycles. The Morgan fingerprint density at radius 3 is 0.880 bits per heavy atom. The van der Waals surface area contributed by atoms with Crippen LogP contribution in [0.3, 0.4) is 0 Å². The Balaban J connectivity index is 0.547. The molecule has 0 amide bonds. The number of para-hydroxylation sites is 4. The van der Waals surface area contributed by atoms with Crippen LogP contribution in [0.1, 0.15) is 0 Å². The van der Waals surface area contributed by atoms with Crippen molar-refractivity contribution in [1.82, 2.24) is 18.3 Å². The summed E-state index contributed by atoms with van der Waals surface area (Å²) in [6, 6.07) is 137. The van der Waals surface area contributed by atoms with Crippen molar-refractivity contribution in [1.29, 1.82) is 0 Å². The third kappa shape index (κ3) is 9.33. The highest BCUT2D eigenvalue weighted by molar-refractivity contribution is 6.16. The number of nitrogens with zero attached hydrogens (tertiary/aromatic N) is 4. The minimum Gasteiger partial charge on any atom is -0.456 e. The molecule has 0 spiro atoms. The lowest BCUT2D eigenvalue weighted by atomic mass is 9.98. The van der Waals surface area contributed by atoms with Crippen molar-refractivity contribution < 1.29 is 8.83 Å². The van der Waals surface area contributed by atoms with Crippen LogP contribution in [0.4, 0.5) is 0 Å². The molecule has 6 heterocycles. The number of hydrogen-bond acceptors (Lipinski definition) is 2. The molecule has 17 aromatic carbocycles. The van der Waals surface area contributed by atoms with Crippen LogP contribution in [0.25, 0.3) is 221 Å². The first-order chi connectivity index (χ1) is 53.5. The van der Waals surface area contributed by atoms with Gasteiger partial charge in [-0.2, -0.15) is 0 Å². The van der Waals surface area contributed by atoms with Crippen molar-refractivity contribution >= 4 is 131 Å². The van der Waals surface area contributed by atoms with Gasteiger partial charge in [-0.3, -0.25) is 0 Å². The van der Waals surface area contributed by atoms with E-state index in [0.29, 0.717) is 0 Å². The monoisotopic (exact) mass is 1370 g/mol. The molecular weight excluding hydrogens is 1310 g/mol. The average Bonchev–Trinajstić information content (AvgIpc) is 1.59. The Bertz CT molecular complexity index is 7680. The van der Waals surface area contributed by atoms with Gasteiger partial charge >= 0.3 is 0 Å². The highest BCUT2D eigenvalue weighted by Gasteiger charge is 2.22. The highest BCUT2D eigenvalue weighted by atomic mass is 16.3. The molecule has 0 bridgehead atoms. The Morgan fingerprint density at radius 2 is 0.407 bits per heavy atom. The van der Waals surface area contributed by atoms with Crippen molar-refractivity contribution in [3.05, 3.63) is 376 Å². The van der Waals surface area contributed by atoms with Crippen molar-refractivity contribution in [2.75, 3.05) is 0 Å². The SMILES string of the molecule is c1ccc(-c2cccc(-n3c4ccccc4c4cc(-c5ccc6c(c5)c5ccccc5n6-c5ccc6c(c5)oc5cc(-c7cccc(-c8cccc(-n9c%10ccccc%10c%10cc(-c%11ccc%12c(c%11)c%11ccccc%11n%12-c%11ccc%12oc%13ccc(-c%14ccccc%14)cc%13c%12c%11)ccc%109)c8)c7)ccc56)ccc43)c2)cc1. The lowest BCUT2D eigenvalue weighted by Crippen LogP contribution is -1.94. The van der Waals surface area contributed by atoms with Gasteiger partial charge in [0.05, 0.1) is 44.1 Å². The van der Waals surface area contributed by atoms with E-state index in [9.17, 15) is 0 Å². The van der Waals surface area contributed by atoms with Crippen LogP contribution in [0, 0.1) is 0 Å². The van der Waals surface area contributed by atoms with Gasteiger partial charge in [-0.1, -0.05) is 212 Å². The first-order valence-electron chi connectivity index (χ1n) is 37.0. The summed E-state index contributed by atoms with van der Waals surface area (Å²) in [5.74, 6) is 0. The molecule has 0 N–H and O–H groups in total. The fourth-order valence-electron chi connectivity index (χ4n) is 17.7. The predicted molar refractivity (Wildman–Crippen MR) is 451 cm³/mol. The number of aromatic nitrogens is 4. The molecule has 0 unspecified atom stereocenters.